The molecular weight excluding hydrogens is 323 g/mol. The molecule has 0 bridgehead atoms. The lowest BCUT2D eigenvalue weighted by Crippen LogP contribution is -2.56. The molecule has 23 heavy (non-hydrogen) atoms. The highest BCUT2D eigenvalue weighted by Crippen LogP contribution is 2.24. The largest absolute Gasteiger partial charge is 0.395 e. The summed E-state index contributed by atoms with van der Waals surface area (Å²) < 4.78 is 19.6. The predicted molar refractivity (Wildman–Crippen MR) is 88.2 cm³/mol. The summed E-state index contributed by atoms with van der Waals surface area (Å²) in [5.74, 6) is -0.637. The second-order valence-corrected chi connectivity index (χ2v) is 6.21. The van der Waals surface area contributed by atoms with E-state index < -0.39 is 11.6 Å². The summed E-state index contributed by atoms with van der Waals surface area (Å²) in [5, 5.41) is 14.9. The summed E-state index contributed by atoms with van der Waals surface area (Å²) in [7, 11) is 0. The third-order valence-corrected chi connectivity index (χ3v) is 3.84. The molecule has 1 fully saturated rings. The van der Waals surface area contributed by atoms with Gasteiger partial charge in [0.25, 0.3) is 5.91 Å². The highest BCUT2D eigenvalue weighted by Gasteiger charge is 2.32. The van der Waals surface area contributed by atoms with Crippen LogP contribution in [0.2, 0.25) is 0 Å². The fourth-order valence-electron chi connectivity index (χ4n) is 2.49. The molecule has 0 aliphatic carbocycles. The summed E-state index contributed by atoms with van der Waals surface area (Å²) >= 11 is 0. The second kappa shape index (κ2) is 8.06. The number of aliphatic hydroxyl groups is 1. The molecule has 0 unspecified atom stereocenters. The number of nitrogens with one attached hydrogen (secondary N) is 2. The van der Waals surface area contributed by atoms with Gasteiger partial charge in [0.2, 0.25) is 0 Å². The molecule has 0 spiro atoms. The van der Waals surface area contributed by atoms with Gasteiger partial charge in [0.1, 0.15) is 11.9 Å². The zero-order valence-electron chi connectivity index (χ0n) is 13.6. The SMILES string of the molecule is Cc1ccc(C(C)(C)NC(=O)[C@@H]2CN[C@H](CO)CO2)c(F)c1.Cl. The van der Waals surface area contributed by atoms with Crippen molar-refractivity contribution in [2.75, 3.05) is 19.8 Å². The molecule has 0 saturated carbocycles. The van der Waals surface area contributed by atoms with E-state index in [-0.39, 0.29) is 43.4 Å². The van der Waals surface area contributed by atoms with Gasteiger partial charge in [-0.2, -0.15) is 0 Å². The average molecular weight is 347 g/mol. The minimum atomic E-state index is -0.841. The first kappa shape index (κ1) is 19.8. The maximum Gasteiger partial charge on any atom is 0.251 e. The van der Waals surface area contributed by atoms with Crippen LogP contribution in [0.15, 0.2) is 18.2 Å². The van der Waals surface area contributed by atoms with Crippen LogP contribution in [0.5, 0.6) is 0 Å². The maximum atomic E-state index is 14.1. The van der Waals surface area contributed by atoms with Gasteiger partial charge in [-0.3, -0.25) is 4.79 Å². The molecule has 2 atom stereocenters. The van der Waals surface area contributed by atoms with Crippen molar-refractivity contribution in [1.29, 1.82) is 0 Å². The Hall–Kier alpha value is -1.21. The number of halogens is 2. The molecule has 130 valence electrons. The number of carbonyl (C=O) groups excluding carboxylic acids is 1. The second-order valence-electron chi connectivity index (χ2n) is 6.21. The molecule has 1 amide bonds. The number of aliphatic hydroxyl groups excluding tert-OH is 1. The first-order valence-electron chi connectivity index (χ1n) is 7.38. The lowest BCUT2D eigenvalue weighted by Gasteiger charge is -2.33. The van der Waals surface area contributed by atoms with Crippen LogP contribution in [-0.2, 0) is 15.1 Å². The highest BCUT2D eigenvalue weighted by atomic mass is 35.5. The van der Waals surface area contributed by atoms with Crippen LogP contribution in [0.3, 0.4) is 0 Å². The van der Waals surface area contributed by atoms with Gasteiger partial charge >= 0.3 is 0 Å². The number of aryl methyl sites for hydroxylation is 1. The van der Waals surface area contributed by atoms with E-state index in [2.05, 4.69) is 10.6 Å². The predicted octanol–water partition coefficient (Wildman–Crippen LogP) is 1.26. The van der Waals surface area contributed by atoms with Gasteiger partial charge in [0.05, 0.1) is 24.8 Å². The van der Waals surface area contributed by atoms with E-state index in [0.29, 0.717) is 12.1 Å². The van der Waals surface area contributed by atoms with E-state index in [9.17, 15) is 9.18 Å². The maximum absolute atomic E-state index is 14.1. The summed E-state index contributed by atoms with van der Waals surface area (Å²) in [6, 6.07) is 4.81. The van der Waals surface area contributed by atoms with E-state index in [4.69, 9.17) is 9.84 Å². The summed E-state index contributed by atoms with van der Waals surface area (Å²) in [6.07, 6.45) is -0.643. The van der Waals surface area contributed by atoms with Gasteiger partial charge in [-0.1, -0.05) is 12.1 Å². The summed E-state index contributed by atoms with van der Waals surface area (Å²) in [4.78, 5) is 12.3. The minimum absolute atomic E-state index is 0. The third-order valence-electron chi connectivity index (χ3n) is 3.84. The van der Waals surface area contributed by atoms with E-state index in [1.54, 1.807) is 19.9 Å². The average Bonchev–Trinajstić information content (AvgIpc) is 2.46. The van der Waals surface area contributed by atoms with Crippen LogP contribution in [0.4, 0.5) is 4.39 Å². The third kappa shape index (κ3) is 4.88. The van der Waals surface area contributed by atoms with Crippen molar-refractivity contribution in [1.82, 2.24) is 10.6 Å². The van der Waals surface area contributed by atoms with Gasteiger partial charge < -0.3 is 20.5 Å². The summed E-state index contributed by atoms with van der Waals surface area (Å²) in [6.45, 7) is 5.89. The van der Waals surface area contributed by atoms with Gasteiger partial charge in [0, 0.05) is 12.1 Å². The van der Waals surface area contributed by atoms with Crippen LogP contribution in [0.1, 0.15) is 25.0 Å². The molecule has 1 aliphatic heterocycles. The zero-order valence-corrected chi connectivity index (χ0v) is 14.4. The van der Waals surface area contributed by atoms with Gasteiger partial charge in [-0.15, -0.1) is 12.4 Å². The smallest absolute Gasteiger partial charge is 0.251 e. The van der Waals surface area contributed by atoms with E-state index in [0.717, 1.165) is 5.56 Å². The van der Waals surface area contributed by atoms with Gasteiger partial charge in [-0.05, 0) is 32.4 Å². The Morgan fingerprint density at radius 2 is 2.22 bits per heavy atom. The van der Waals surface area contributed by atoms with Gasteiger partial charge in [-0.25, -0.2) is 4.39 Å². The molecule has 1 heterocycles. The number of amides is 1. The van der Waals surface area contributed by atoms with E-state index in [1.165, 1.54) is 6.07 Å². The normalized spacial score (nSPS) is 21.4. The number of benzene rings is 1. The van der Waals surface area contributed by atoms with Crippen LogP contribution in [0, 0.1) is 12.7 Å². The molecular formula is C16H24ClFN2O3. The number of carbonyl (C=O) groups is 1. The van der Waals surface area contributed by atoms with Crippen molar-refractivity contribution in [3.63, 3.8) is 0 Å². The fourth-order valence-corrected chi connectivity index (χ4v) is 2.49. The molecule has 1 saturated heterocycles. The number of hydrogen-bond acceptors (Lipinski definition) is 4. The lowest BCUT2D eigenvalue weighted by atomic mass is 9.92. The van der Waals surface area contributed by atoms with Crippen molar-refractivity contribution < 1.29 is 19.0 Å². The topological polar surface area (TPSA) is 70.6 Å². The standard InChI is InChI=1S/C16H23FN2O3.ClH/c1-10-4-5-12(13(17)6-10)16(2,3)19-15(21)14-7-18-11(8-20)9-22-14;/h4-6,11,14,18,20H,7-9H2,1-3H3,(H,19,21);1H/t11-,14+;/m1./s1. The van der Waals surface area contributed by atoms with Crippen LogP contribution in [-0.4, -0.2) is 42.9 Å². The van der Waals surface area contributed by atoms with E-state index >= 15 is 0 Å². The first-order chi connectivity index (χ1) is 10.3. The molecule has 5 nitrogen and oxygen atoms in total. The number of rotatable bonds is 4. The number of morpholine rings is 1. The molecule has 2 rings (SSSR count). The van der Waals surface area contributed by atoms with E-state index in [1.807, 2.05) is 13.0 Å². The minimum Gasteiger partial charge on any atom is -0.395 e. The van der Waals surface area contributed by atoms with Crippen molar-refractivity contribution in [3.8, 4) is 0 Å². The van der Waals surface area contributed by atoms with Crippen molar-refractivity contribution >= 4 is 18.3 Å². The number of hydrogen-bond donors (Lipinski definition) is 3. The lowest BCUT2D eigenvalue weighted by molar-refractivity contribution is -0.137. The molecule has 0 radical (unpaired) electrons. The Balaban J connectivity index is 0.00000264. The van der Waals surface area contributed by atoms with Crippen LogP contribution in [0.25, 0.3) is 0 Å². The zero-order chi connectivity index (χ0) is 16.3. The molecule has 0 aromatic heterocycles. The monoisotopic (exact) mass is 346 g/mol. The Bertz CT molecular complexity index is 546. The van der Waals surface area contributed by atoms with Crippen LogP contribution < -0.4 is 10.6 Å². The van der Waals surface area contributed by atoms with Crippen LogP contribution >= 0.6 is 12.4 Å². The Labute approximate surface area is 142 Å². The van der Waals surface area contributed by atoms with Gasteiger partial charge in [0.15, 0.2) is 0 Å². The van der Waals surface area contributed by atoms with Crippen molar-refractivity contribution in [2.45, 2.75) is 38.5 Å². The van der Waals surface area contributed by atoms with Crippen molar-refractivity contribution in [2.24, 2.45) is 0 Å². The number of ether oxygens (including phenoxy) is 1. The fraction of sp³-hybridized carbons (Fsp3) is 0.562. The quantitative estimate of drug-likeness (QED) is 0.767. The molecule has 1 aromatic carbocycles. The molecule has 1 aliphatic rings. The van der Waals surface area contributed by atoms with Crippen molar-refractivity contribution in [3.05, 3.63) is 35.1 Å². The summed E-state index contributed by atoms with van der Waals surface area (Å²) in [5.41, 5.74) is 0.424. The molecule has 3 N–H and O–H groups in total. The molecule has 1 aromatic rings. The first-order valence-corrected chi connectivity index (χ1v) is 7.38. The Kier molecular flexibility index (Phi) is 6.95. The Morgan fingerprint density at radius 1 is 1.52 bits per heavy atom. The Morgan fingerprint density at radius 3 is 2.74 bits per heavy atom. The highest BCUT2D eigenvalue weighted by molar-refractivity contribution is 5.85. The molecule has 7 heteroatoms.